The Morgan fingerprint density at radius 3 is 2.00 bits per heavy atom. The van der Waals surface area contributed by atoms with Crippen molar-refractivity contribution < 1.29 is 17.9 Å². The first-order valence-corrected chi connectivity index (χ1v) is 10.5. The Kier molecular flexibility index (Phi) is 6.31. The van der Waals surface area contributed by atoms with Crippen LogP contribution in [-0.2, 0) is 14.8 Å². The molecule has 0 atom stereocenters. The Morgan fingerprint density at radius 2 is 1.52 bits per heavy atom. The summed E-state index contributed by atoms with van der Waals surface area (Å²) in [6.07, 6.45) is 0.199. The molecule has 0 aromatic heterocycles. The van der Waals surface area contributed by atoms with E-state index in [9.17, 15) is 13.2 Å². The average molecular weight is 410 g/mol. The van der Waals surface area contributed by atoms with Crippen molar-refractivity contribution in [1.29, 1.82) is 0 Å². The summed E-state index contributed by atoms with van der Waals surface area (Å²) >= 11 is 0. The molecule has 0 saturated carbocycles. The highest BCUT2D eigenvalue weighted by atomic mass is 32.2. The first-order chi connectivity index (χ1) is 13.9. The van der Waals surface area contributed by atoms with E-state index in [1.165, 1.54) is 19.2 Å². The van der Waals surface area contributed by atoms with Gasteiger partial charge in [0.05, 0.1) is 7.11 Å². The highest BCUT2D eigenvalue weighted by Gasteiger charge is 2.20. The summed E-state index contributed by atoms with van der Waals surface area (Å²) in [6.45, 7) is 0. The molecule has 6 nitrogen and oxygen atoms in total. The Balaban J connectivity index is 1.85. The standard InChI is InChI=1S/C22H22N2O4S/c1-28-20-13-12-18(14-21(20)29(23,26)27)24-22(25)15-19(16-8-4-2-5-9-16)17-10-6-3-7-11-17/h2-14,19H,15H2,1H3,(H,24,25)(H2,23,26,27). The Hall–Kier alpha value is -3.16. The van der Waals surface area contributed by atoms with Crippen molar-refractivity contribution >= 4 is 21.6 Å². The smallest absolute Gasteiger partial charge is 0.241 e. The third-order valence-electron chi connectivity index (χ3n) is 4.55. The monoisotopic (exact) mass is 410 g/mol. The van der Waals surface area contributed by atoms with Gasteiger partial charge in [-0.3, -0.25) is 4.79 Å². The number of carbonyl (C=O) groups is 1. The van der Waals surface area contributed by atoms with E-state index in [-0.39, 0.29) is 28.9 Å². The molecule has 0 bridgehead atoms. The van der Waals surface area contributed by atoms with Crippen LogP contribution in [0.4, 0.5) is 5.69 Å². The number of rotatable bonds is 7. The molecule has 0 radical (unpaired) electrons. The van der Waals surface area contributed by atoms with Gasteiger partial charge >= 0.3 is 0 Å². The Morgan fingerprint density at radius 1 is 0.966 bits per heavy atom. The van der Waals surface area contributed by atoms with Crippen molar-refractivity contribution in [2.75, 3.05) is 12.4 Å². The number of carbonyl (C=O) groups excluding carboxylic acids is 1. The lowest BCUT2D eigenvalue weighted by Crippen LogP contribution is -2.18. The van der Waals surface area contributed by atoms with Crippen molar-refractivity contribution in [2.45, 2.75) is 17.2 Å². The van der Waals surface area contributed by atoms with Crippen LogP contribution in [0.25, 0.3) is 0 Å². The van der Waals surface area contributed by atoms with Gasteiger partial charge in [-0.15, -0.1) is 0 Å². The molecule has 150 valence electrons. The molecule has 0 fully saturated rings. The zero-order valence-electron chi connectivity index (χ0n) is 15.9. The molecular formula is C22H22N2O4S. The predicted molar refractivity (Wildman–Crippen MR) is 112 cm³/mol. The van der Waals surface area contributed by atoms with Crippen LogP contribution in [0.3, 0.4) is 0 Å². The van der Waals surface area contributed by atoms with Crippen LogP contribution >= 0.6 is 0 Å². The molecule has 7 heteroatoms. The molecule has 0 aliphatic heterocycles. The molecular weight excluding hydrogens is 388 g/mol. The third kappa shape index (κ3) is 5.22. The number of nitrogens with two attached hydrogens (primary N) is 1. The number of anilines is 1. The molecule has 3 aromatic carbocycles. The third-order valence-corrected chi connectivity index (χ3v) is 5.48. The van der Waals surface area contributed by atoms with Gasteiger partial charge in [0, 0.05) is 18.0 Å². The lowest BCUT2D eigenvalue weighted by Gasteiger charge is -2.18. The minimum absolute atomic E-state index is 0.122. The van der Waals surface area contributed by atoms with Crippen LogP contribution in [-0.4, -0.2) is 21.4 Å². The molecule has 0 heterocycles. The minimum Gasteiger partial charge on any atom is -0.495 e. The van der Waals surface area contributed by atoms with Crippen LogP contribution in [0.2, 0.25) is 0 Å². The van der Waals surface area contributed by atoms with Crippen LogP contribution < -0.4 is 15.2 Å². The van der Waals surface area contributed by atoms with Crippen LogP contribution in [0.15, 0.2) is 83.8 Å². The maximum atomic E-state index is 12.8. The Labute approximate surface area is 170 Å². The van der Waals surface area contributed by atoms with Gasteiger partial charge in [0.15, 0.2) is 0 Å². The van der Waals surface area contributed by atoms with Gasteiger partial charge in [-0.1, -0.05) is 60.7 Å². The van der Waals surface area contributed by atoms with E-state index in [2.05, 4.69) is 5.32 Å². The van der Waals surface area contributed by atoms with E-state index in [0.29, 0.717) is 5.69 Å². The molecule has 0 spiro atoms. The average Bonchev–Trinajstić information content (AvgIpc) is 2.72. The van der Waals surface area contributed by atoms with E-state index in [0.717, 1.165) is 11.1 Å². The fourth-order valence-corrected chi connectivity index (χ4v) is 3.90. The molecule has 3 aromatic rings. The lowest BCUT2D eigenvalue weighted by atomic mass is 9.88. The van der Waals surface area contributed by atoms with Crippen molar-refractivity contribution in [3.8, 4) is 5.75 Å². The summed E-state index contributed by atoms with van der Waals surface area (Å²) in [7, 11) is -2.64. The molecule has 0 aliphatic rings. The predicted octanol–water partition coefficient (Wildman–Crippen LogP) is 3.50. The van der Waals surface area contributed by atoms with E-state index in [1.54, 1.807) is 6.07 Å². The number of benzene rings is 3. The summed E-state index contributed by atoms with van der Waals surface area (Å²) in [5.41, 5.74) is 2.38. The van der Waals surface area contributed by atoms with Crippen LogP contribution in [0.5, 0.6) is 5.75 Å². The van der Waals surface area contributed by atoms with Crippen LogP contribution in [0, 0.1) is 0 Å². The number of sulfonamides is 1. The highest BCUT2D eigenvalue weighted by molar-refractivity contribution is 7.89. The number of hydrogen-bond acceptors (Lipinski definition) is 4. The van der Waals surface area contributed by atoms with Crippen molar-refractivity contribution in [1.82, 2.24) is 0 Å². The Bertz CT molecular complexity index is 1040. The minimum atomic E-state index is -3.99. The number of hydrogen-bond donors (Lipinski definition) is 2. The molecule has 1 amide bonds. The van der Waals surface area contributed by atoms with Crippen LogP contribution in [0.1, 0.15) is 23.5 Å². The number of ether oxygens (including phenoxy) is 1. The van der Waals surface area contributed by atoms with Gasteiger partial charge in [-0.2, -0.15) is 0 Å². The van der Waals surface area contributed by atoms with Gasteiger partial charge in [-0.05, 0) is 29.3 Å². The second-order valence-electron chi connectivity index (χ2n) is 6.54. The quantitative estimate of drug-likeness (QED) is 0.623. The molecule has 0 aliphatic carbocycles. The number of nitrogens with one attached hydrogen (secondary N) is 1. The van der Waals surface area contributed by atoms with Gasteiger partial charge in [0.2, 0.25) is 15.9 Å². The summed E-state index contributed by atoms with van der Waals surface area (Å²) in [6, 6.07) is 23.9. The fourth-order valence-electron chi connectivity index (χ4n) is 3.17. The van der Waals surface area contributed by atoms with E-state index >= 15 is 0 Å². The second kappa shape index (κ2) is 8.89. The van der Waals surface area contributed by atoms with E-state index in [4.69, 9.17) is 9.88 Å². The lowest BCUT2D eigenvalue weighted by molar-refractivity contribution is -0.116. The molecule has 29 heavy (non-hydrogen) atoms. The normalized spacial score (nSPS) is 11.3. The zero-order chi connectivity index (χ0) is 20.9. The maximum Gasteiger partial charge on any atom is 0.241 e. The van der Waals surface area contributed by atoms with Crippen molar-refractivity contribution in [3.05, 3.63) is 90.0 Å². The number of methoxy groups -OCH3 is 1. The molecule has 3 rings (SSSR count). The van der Waals surface area contributed by atoms with E-state index in [1.807, 2.05) is 60.7 Å². The van der Waals surface area contributed by atoms with Gasteiger partial charge in [0.1, 0.15) is 10.6 Å². The molecule has 3 N–H and O–H groups in total. The number of primary sulfonamides is 1. The highest BCUT2D eigenvalue weighted by Crippen LogP contribution is 2.29. The fraction of sp³-hybridized carbons (Fsp3) is 0.136. The maximum absolute atomic E-state index is 12.8. The van der Waals surface area contributed by atoms with Gasteiger partial charge in [-0.25, -0.2) is 13.6 Å². The van der Waals surface area contributed by atoms with Gasteiger partial charge < -0.3 is 10.1 Å². The first-order valence-electron chi connectivity index (χ1n) is 8.99. The van der Waals surface area contributed by atoms with Crippen molar-refractivity contribution in [2.24, 2.45) is 5.14 Å². The first kappa shape index (κ1) is 20.6. The largest absolute Gasteiger partial charge is 0.495 e. The molecule has 0 saturated heterocycles. The number of amides is 1. The SMILES string of the molecule is COc1ccc(NC(=O)CC(c2ccccc2)c2ccccc2)cc1S(N)(=O)=O. The van der Waals surface area contributed by atoms with Crippen molar-refractivity contribution in [3.63, 3.8) is 0 Å². The summed E-state index contributed by atoms with van der Waals surface area (Å²) in [4.78, 5) is 12.6. The second-order valence-corrected chi connectivity index (χ2v) is 8.07. The van der Waals surface area contributed by atoms with Gasteiger partial charge in [0.25, 0.3) is 0 Å². The van der Waals surface area contributed by atoms with E-state index < -0.39 is 10.0 Å². The summed E-state index contributed by atoms with van der Waals surface area (Å²) in [5.74, 6) is -0.251. The zero-order valence-corrected chi connectivity index (χ0v) is 16.7. The summed E-state index contributed by atoms with van der Waals surface area (Å²) < 4.78 is 28.6. The summed E-state index contributed by atoms with van der Waals surface area (Å²) in [5, 5.41) is 8.01. The topological polar surface area (TPSA) is 98.5 Å². The molecule has 0 unspecified atom stereocenters.